The zero-order valence-corrected chi connectivity index (χ0v) is 10.5. The highest BCUT2D eigenvalue weighted by Gasteiger charge is 2.05. The third-order valence-electron chi connectivity index (χ3n) is 2.28. The van der Waals surface area contributed by atoms with Gasteiger partial charge in [-0.15, -0.1) is 0 Å². The summed E-state index contributed by atoms with van der Waals surface area (Å²) in [7, 11) is 1.87. The van der Waals surface area contributed by atoms with Crippen LogP contribution < -0.4 is 11.1 Å². The van der Waals surface area contributed by atoms with Crippen LogP contribution in [-0.4, -0.2) is 19.8 Å². The molecule has 0 atom stereocenters. The van der Waals surface area contributed by atoms with Gasteiger partial charge in [-0.25, -0.2) is 4.98 Å². The van der Waals surface area contributed by atoms with Gasteiger partial charge in [0, 0.05) is 13.2 Å². The lowest BCUT2D eigenvalue weighted by Gasteiger charge is -2.05. The Bertz CT molecular complexity index is 561. The van der Waals surface area contributed by atoms with Crippen molar-refractivity contribution in [2.24, 2.45) is 12.8 Å². The maximum atomic E-state index is 5.53. The molecule has 3 N–H and O–H groups in total. The number of nitrogens with zero attached hydrogens (tertiary/aromatic N) is 3. The first-order chi connectivity index (χ1) is 8.06. The Balaban J connectivity index is 2.27. The summed E-state index contributed by atoms with van der Waals surface area (Å²) in [6, 6.07) is 5.49. The van der Waals surface area contributed by atoms with E-state index in [1.807, 2.05) is 32.3 Å². The molecule has 0 radical (unpaired) electrons. The van der Waals surface area contributed by atoms with Crippen molar-refractivity contribution in [3.63, 3.8) is 0 Å². The van der Waals surface area contributed by atoms with E-state index in [0.29, 0.717) is 11.5 Å². The predicted octanol–water partition coefficient (Wildman–Crippen LogP) is 1.50. The number of nitrogens with two attached hydrogens (primary N) is 1. The van der Waals surface area contributed by atoms with Crippen molar-refractivity contribution in [3.05, 3.63) is 35.8 Å². The first-order valence-corrected chi connectivity index (χ1v) is 5.51. The second-order valence-electron chi connectivity index (χ2n) is 3.70. The van der Waals surface area contributed by atoms with Gasteiger partial charge in [-0.1, -0.05) is 18.3 Å². The normalized spacial score (nSPS) is 10.2. The first-order valence-electron chi connectivity index (χ1n) is 5.10. The SMILES string of the molecule is Cc1nn(C)cc1Nc1cccc(C(N)=S)n1. The number of hydrogen-bond acceptors (Lipinski definition) is 4. The van der Waals surface area contributed by atoms with Gasteiger partial charge in [0.25, 0.3) is 0 Å². The van der Waals surface area contributed by atoms with Crippen LogP contribution in [-0.2, 0) is 7.05 Å². The molecule has 0 saturated heterocycles. The molecule has 2 aromatic rings. The Morgan fingerprint density at radius 1 is 1.47 bits per heavy atom. The van der Waals surface area contributed by atoms with Crippen molar-refractivity contribution in [1.82, 2.24) is 14.8 Å². The van der Waals surface area contributed by atoms with E-state index in [1.165, 1.54) is 0 Å². The first kappa shape index (κ1) is 11.5. The molecule has 2 aromatic heterocycles. The highest BCUT2D eigenvalue weighted by atomic mass is 32.1. The zero-order valence-electron chi connectivity index (χ0n) is 9.64. The summed E-state index contributed by atoms with van der Waals surface area (Å²) >= 11 is 4.89. The maximum absolute atomic E-state index is 5.53. The number of aromatic nitrogens is 3. The van der Waals surface area contributed by atoms with Gasteiger partial charge in [0.2, 0.25) is 0 Å². The van der Waals surface area contributed by atoms with Crippen molar-refractivity contribution < 1.29 is 0 Å². The van der Waals surface area contributed by atoms with E-state index in [1.54, 1.807) is 10.7 Å². The summed E-state index contributed by atoms with van der Waals surface area (Å²) in [5.41, 5.74) is 7.97. The Hall–Kier alpha value is -1.95. The van der Waals surface area contributed by atoms with Crippen molar-refractivity contribution in [2.75, 3.05) is 5.32 Å². The molecule has 17 heavy (non-hydrogen) atoms. The van der Waals surface area contributed by atoms with Gasteiger partial charge in [-0.3, -0.25) is 4.68 Å². The number of pyridine rings is 1. The highest BCUT2D eigenvalue weighted by molar-refractivity contribution is 7.80. The molecule has 88 valence electrons. The summed E-state index contributed by atoms with van der Waals surface area (Å²) in [4.78, 5) is 4.59. The minimum atomic E-state index is 0.288. The number of thiocarbonyl (C=S) groups is 1. The van der Waals surface area contributed by atoms with Crippen LogP contribution in [0.15, 0.2) is 24.4 Å². The molecule has 0 bridgehead atoms. The fourth-order valence-corrected chi connectivity index (χ4v) is 1.62. The van der Waals surface area contributed by atoms with Crippen LogP contribution in [0, 0.1) is 6.92 Å². The molecule has 0 unspecified atom stereocenters. The van der Waals surface area contributed by atoms with E-state index in [2.05, 4.69) is 15.4 Å². The van der Waals surface area contributed by atoms with E-state index in [9.17, 15) is 0 Å². The largest absolute Gasteiger partial charge is 0.388 e. The second-order valence-corrected chi connectivity index (χ2v) is 4.14. The number of anilines is 2. The van der Waals surface area contributed by atoms with Crippen LogP contribution in [0.3, 0.4) is 0 Å². The minimum Gasteiger partial charge on any atom is -0.388 e. The molecular weight excluding hydrogens is 234 g/mol. The van der Waals surface area contributed by atoms with Crippen LogP contribution in [0.1, 0.15) is 11.4 Å². The van der Waals surface area contributed by atoms with Crippen molar-refractivity contribution in [1.29, 1.82) is 0 Å². The third kappa shape index (κ3) is 2.59. The molecule has 6 heteroatoms. The minimum absolute atomic E-state index is 0.288. The van der Waals surface area contributed by atoms with Crippen LogP contribution in [0.4, 0.5) is 11.5 Å². The van der Waals surface area contributed by atoms with Crippen molar-refractivity contribution >= 4 is 28.7 Å². The average molecular weight is 247 g/mol. The predicted molar refractivity (Wildman–Crippen MR) is 71.4 cm³/mol. The lowest BCUT2D eigenvalue weighted by atomic mass is 10.3. The summed E-state index contributed by atoms with van der Waals surface area (Å²) in [5.74, 6) is 0.700. The summed E-state index contributed by atoms with van der Waals surface area (Å²) < 4.78 is 1.75. The molecule has 0 saturated carbocycles. The lowest BCUT2D eigenvalue weighted by Crippen LogP contribution is -2.12. The monoisotopic (exact) mass is 247 g/mol. The van der Waals surface area contributed by atoms with Gasteiger partial charge in [-0.2, -0.15) is 5.10 Å². The van der Waals surface area contributed by atoms with Crippen LogP contribution >= 0.6 is 12.2 Å². The lowest BCUT2D eigenvalue weighted by molar-refractivity contribution is 0.756. The summed E-state index contributed by atoms with van der Waals surface area (Å²) in [6.45, 7) is 1.93. The molecule has 0 amide bonds. The molecule has 2 rings (SSSR count). The fraction of sp³-hybridized carbons (Fsp3) is 0.182. The summed E-state index contributed by atoms with van der Waals surface area (Å²) in [6.07, 6.45) is 1.89. The smallest absolute Gasteiger partial charge is 0.131 e. The fourth-order valence-electron chi connectivity index (χ4n) is 1.50. The van der Waals surface area contributed by atoms with Gasteiger partial charge in [0.05, 0.1) is 17.1 Å². The Kier molecular flexibility index (Phi) is 3.06. The molecule has 0 aliphatic carbocycles. The van der Waals surface area contributed by atoms with Gasteiger partial charge < -0.3 is 11.1 Å². The average Bonchev–Trinajstić information content (AvgIpc) is 2.58. The zero-order chi connectivity index (χ0) is 12.4. The molecule has 0 aromatic carbocycles. The number of hydrogen-bond donors (Lipinski definition) is 2. The molecule has 5 nitrogen and oxygen atoms in total. The molecular formula is C11H13N5S. The van der Waals surface area contributed by atoms with Gasteiger partial charge in [0.15, 0.2) is 0 Å². The van der Waals surface area contributed by atoms with E-state index in [-0.39, 0.29) is 4.99 Å². The second kappa shape index (κ2) is 4.50. The standard InChI is InChI=1S/C11H13N5S/c1-7-9(6-16(2)15-7)14-10-5-3-4-8(13-10)11(12)17/h3-6H,1-2H3,(H2,12,17)(H,13,14). The van der Waals surface area contributed by atoms with E-state index < -0.39 is 0 Å². The molecule has 2 heterocycles. The summed E-state index contributed by atoms with van der Waals surface area (Å²) in [5, 5.41) is 7.42. The number of aryl methyl sites for hydroxylation is 2. The highest BCUT2D eigenvalue weighted by Crippen LogP contribution is 2.17. The topological polar surface area (TPSA) is 68.8 Å². The molecule has 0 spiro atoms. The Labute approximate surface area is 105 Å². The van der Waals surface area contributed by atoms with E-state index >= 15 is 0 Å². The Morgan fingerprint density at radius 3 is 2.82 bits per heavy atom. The quantitative estimate of drug-likeness (QED) is 0.804. The maximum Gasteiger partial charge on any atom is 0.131 e. The van der Waals surface area contributed by atoms with Crippen LogP contribution in [0.2, 0.25) is 0 Å². The Morgan fingerprint density at radius 2 is 2.24 bits per heavy atom. The number of rotatable bonds is 3. The van der Waals surface area contributed by atoms with Gasteiger partial charge in [0.1, 0.15) is 10.8 Å². The van der Waals surface area contributed by atoms with Crippen LogP contribution in [0.25, 0.3) is 0 Å². The van der Waals surface area contributed by atoms with E-state index in [4.69, 9.17) is 18.0 Å². The van der Waals surface area contributed by atoms with Crippen molar-refractivity contribution in [3.8, 4) is 0 Å². The third-order valence-corrected chi connectivity index (χ3v) is 2.49. The van der Waals surface area contributed by atoms with E-state index in [0.717, 1.165) is 11.4 Å². The molecule has 0 aliphatic heterocycles. The number of nitrogens with one attached hydrogen (secondary N) is 1. The van der Waals surface area contributed by atoms with Gasteiger partial charge in [-0.05, 0) is 19.1 Å². The molecule has 0 fully saturated rings. The molecule has 0 aliphatic rings. The van der Waals surface area contributed by atoms with Crippen LogP contribution in [0.5, 0.6) is 0 Å². The van der Waals surface area contributed by atoms with Crippen molar-refractivity contribution in [2.45, 2.75) is 6.92 Å². The van der Waals surface area contributed by atoms with Gasteiger partial charge >= 0.3 is 0 Å².